The molecule has 0 spiro atoms. The maximum absolute atomic E-state index is 10.6. The molecule has 17 heavy (non-hydrogen) atoms. The molecular formula is C11H15IN2O3. The summed E-state index contributed by atoms with van der Waals surface area (Å²) < 4.78 is 6.23. The lowest BCUT2D eigenvalue weighted by atomic mass is 10.3. The molecule has 0 saturated heterocycles. The first-order chi connectivity index (χ1) is 8.00. The van der Waals surface area contributed by atoms with Crippen LogP contribution in [-0.4, -0.2) is 24.2 Å². The minimum atomic E-state index is -0.395. The Morgan fingerprint density at radius 1 is 1.53 bits per heavy atom. The second-order valence-electron chi connectivity index (χ2n) is 3.77. The van der Waals surface area contributed by atoms with Gasteiger partial charge in [0.15, 0.2) is 0 Å². The molecule has 94 valence electrons. The Bertz CT molecular complexity index is 396. The summed E-state index contributed by atoms with van der Waals surface area (Å²) >= 11 is 2.08. The molecule has 0 unspecified atom stereocenters. The fraction of sp³-hybridized carbons (Fsp3) is 0.455. The molecule has 0 heterocycles. The molecular weight excluding hydrogens is 335 g/mol. The molecule has 0 amide bonds. The first-order valence-corrected chi connectivity index (χ1v) is 6.38. The summed E-state index contributed by atoms with van der Waals surface area (Å²) in [7, 11) is 0. The second-order valence-corrected chi connectivity index (χ2v) is 4.93. The zero-order valence-corrected chi connectivity index (χ0v) is 11.9. The normalized spacial score (nSPS) is 10.6. The van der Waals surface area contributed by atoms with Gasteiger partial charge in [-0.1, -0.05) is 0 Å². The third-order valence-corrected chi connectivity index (χ3v) is 2.92. The molecule has 0 aromatic heterocycles. The molecule has 1 rings (SSSR count). The van der Waals surface area contributed by atoms with Gasteiger partial charge in [-0.15, -0.1) is 0 Å². The number of non-ortho nitro benzene ring substituents is 1. The summed E-state index contributed by atoms with van der Waals surface area (Å²) in [6, 6.07) is 4.76. The Labute approximate surface area is 114 Å². The van der Waals surface area contributed by atoms with Gasteiger partial charge in [-0.25, -0.2) is 0 Å². The lowest BCUT2D eigenvalue weighted by Gasteiger charge is -2.10. The third-order valence-electron chi connectivity index (χ3n) is 2.03. The first-order valence-electron chi connectivity index (χ1n) is 5.30. The number of benzene rings is 1. The van der Waals surface area contributed by atoms with Crippen LogP contribution in [0.4, 0.5) is 11.4 Å². The first kappa shape index (κ1) is 14.2. The van der Waals surface area contributed by atoms with Gasteiger partial charge in [0.25, 0.3) is 5.69 Å². The van der Waals surface area contributed by atoms with E-state index in [2.05, 4.69) is 27.9 Å². The van der Waals surface area contributed by atoms with Crippen LogP contribution in [0, 0.1) is 13.7 Å². The van der Waals surface area contributed by atoms with Crippen molar-refractivity contribution < 1.29 is 9.66 Å². The van der Waals surface area contributed by atoms with Gasteiger partial charge in [-0.05, 0) is 42.5 Å². The van der Waals surface area contributed by atoms with E-state index in [1.807, 2.05) is 13.8 Å². The topological polar surface area (TPSA) is 64.4 Å². The summed E-state index contributed by atoms with van der Waals surface area (Å²) in [6.07, 6.45) is 0.215. The van der Waals surface area contributed by atoms with Crippen molar-refractivity contribution in [3.63, 3.8) is 0 Å². The van der Waals surface area contributed by atoms with Gasteiger partial charge < -0.3 is 10.1 Å². The van der Waals surface area contributed by atoms with Gasteiger partial charge >= 0.3 is 0 Å². The Hall–Kier alpha value is -0.890. The largest absolute Gasteiger partial charge is 0.382 e. The highest BCUT2D eigenvalue weighted by Gasteiger charge is 2.08. The summed E-state index contributed by atoms with van der Waals surface area (Å²) in [5.74, 6) is 0. The highest BCUT2D eigenvalue weighted by molar-refractivity contribution is 14.1. The molecule has 0 radical (unpaired) electrons. The van der Waals surface area contributed by atoms with Crippen LogP contribution in [-0.2, 0) is 4.74 Å². The molecule has 0 aliphatic heterocycles. The minimum absolute atomic E-state index is 0.110. The smallest absolute Gasteiger partial charge is 0.270 e. The van der Waals surface area contributed by atoms with Gasteiger partial charge in [-0.3, -0.25) is 10.1 Å². The molecule has 0 atom stereocenters. The molecule has 1 N–H and O–H groups in total. The van der Waals surface area contributed by atoms with Gasteiger partial charge in [0.2, 0.25) is 0 Å². The number of hydrogen-bond acceptors (Lipinski definition) is 4. The predicted octanol–water partition coefficient (Wildman–Crippen LogP) is 3.04. The molecule has 0 saturated carbocycles. The molecule has 5 nitrogen and oxygen atoms in total. The lowest BCUT2D eigenvalue weighted by Crippen LogP contribution is -2.13. The lowest BCUT2D eigenvalue weighted by molar-refractivity contribution is -0.384. The van der Waals surface area contributed by atoms with Crippen molar-refractivity contribution >= 4 is 34.0 Å². The number of halogens is 1. The summed E-state index contributed by atoms with van der Waals surface area (Å²) in [5, 5.41) is 13.7. The van der Waals surface area contributed by atoms with E-state index in [1.54, 1.807) is 12.1 Å². The van der Waals surface area contributed by atoms with Crippen molar-refractivity contribution in [1.29, 1.82) is 0 Å². The molecule has 6 heteroatoms. The SMILES string of the molecule is CC(C)OCCNc1ccc([N+](=O)[O-])cc1I. The van der Waals surface area contributed by atoms with Crippen LogP contribution in [0.25, 0.3) is 0 Å². The van der Waals surface area contributed by atoms with Crippen molar-refractivity contribution in [2.75, 3.05) is 18.5 Å². The standard InChI is InChI=1S/C11H15IN2O3/c1-8(2)17-6-5-13-11-4-3-9(14(15)16)7-10(11)12/h3-4,7-8,13H,5-6H2,1-2H3. The number of nitro benzene ring substituents is 1. The number of nitro groups is 1. The summed E-state index contributed by atoms with van der Waals surface area (Å²) in [4.78, 5) is 10.2. The van der Waals surface area contributed by atoms with Crippen molar-refractivity contribution in [2.24, 2.45) is 0 Å². The van der Waals surface area contributed by atoms with Crippen molar-refractivity contribution in [1.82, 2.24) is 0 Å². The van der Waals surface area contributed by atoms with E-state index in [1.165, 1.54) is 6.07 Å². The van der Waals surface area contributed by atoms with Crippen LogP contribution in [0.3, 0.4) is 0 Å². The van der Waals surface area contributed by atoms with E-state index < -0.39 is 4.92 Å². The number of rotatable bonds is 6. The maximum Gasteiger partial charge on any atom is 0.270 e. The second kappa shape index (κ2) is 6.75. The van der Waals surface area contributed by atoms with Crippen LogP contribution >= 0.6 is 22.6 Å². The highest BCUT2D eigenvalue weighted by Crippen LogP contribution is 2.23. The summed E-state index contributed by atoms with van der Waals surface area (Å²) in [5.41, 5.74) is 1.00. The Morgan fingerprint density at radius 2 is 2.24 bits per heavy atom. The van der Waals surface area contributed by atoms with E-state index in [4.69, 9.17) is 4.74 Å². The van der Waals surface area contributed by atoms with Gasteiger partial charge in [0.1, 0.15) is 0 Å². The zero-order valence-electron chi connectivity index (χ0n) is 9.77. The van der Waals surface area contributed by atoms with Crippen molar-refractivity contribution in [2.45, 2.75) is 20.0 Å². The quantitative estimate of drug-likeness (QED) is 0.371. The van der Waals surface area contributed by atoms with E-state index in [-0.39, 0.29) is 11.8 Å². The maximum atomic E-state index is 10.6. The van der Waals surface area contributed by atoms with Crippen LogP contribution < -0.4 is 5.32 Å². The van der Waals surface area contributed by atoms with E-state index in [9.17, 15) is 10.1 Å². The third kappa shape index (κ3) is 4.86. The van der Waals surface area contributed by atoms with E-state index in [0.717, 1.165) is 9.26 Å². The number of hydrogen-bond donors (Lipinski definition) is 1. The number of nitrogens with one attached hydrogen (secondary N) is 1. The Balaban J connectivity index is 2.52. The van der Waals surface area contributed by atoms with Gasteiger partial charge in [-0.2, -0.15) is 0 Å². The molecule has 0 fully saturated rings. The molecule has 0 aliphatic rings. The van der Waals surface area contributed by atoms with Gasteiger partial charge in [0.05, 0.1) is 17.6 Å². The van der Waals surface area contributed by atoms with Crippen LogP contribution in [0.5, 0.6) is 0 Å². The van der Waals surface area contributed by atoms with E-state index >= 15 is 0 Å². The number of ether oxygens (including phenoxy) is 1. The molecule has 1 aromatic rings. The molecule has 0 bridgehead atoms. The average Bonchev–Trinajstić information content (AvgIpc) is 2.25. The van der Waals surface area contributed by atoms with Crippen LogP contribution in [0.1, 0.15) is 13.8 Å². The number of anilines is 1. The Morgan fingerprint density at radius 3 is 2.76 bits per heavy atom. The fourth-order valence-corrected chi connectivity index (χ4v) is 1.93. The van der Waals surface area contributed by atoms with Crippen LogP contribution in [0.2, 0.25) is 0 Å². The van der Waals surface area contributed by atoms with Crippen molar-refractivity contribution in [3.05, 3.63) is 31.9 Å². The van der Waals surface area contributed by atoms with Crippen LogP contribution in [0.15, 0.2) is 18.2 Å². The van der Waals surface area contributed by atoms with Crippen molar-refractivity contribution in [3.8, 4) is 0 Å². The predicted molar refractivity (Wildman–Crippen MR) is 75.4 cm³/mol. The fourth-order valence-electron chi connectivity index (χ4n) is 1.24. The summed E-state index contributed by atoms with van der Waals surface area (Å²) in [6.45, 7) is 5.27. The Kier molecular flexibility index (Phi) is 5.63. The highest BCUT2D eigenvalue weighted by atomic mass is 127. The molecule has 1 aromatic carbocycles. The average molecular weight is 350 g/mol. The zero-order chi connectivity index (χ0) is 12.8. The number of nitrogens with zero attached hydrogens (tertiary/aromatic N) is 1. The monoisotopic (exact) mass is 350 g/mol. The minimum Gasteiger partial charge on any atom is -0.382 e. The van der Waals surface area contributed by atoms with E-state index in [0.29, 0.717) is 13.2 Å². The molecule has 0 aliphatic carbocycles. The van der Waals surface area contributed by atoms with Gasteiger partial charge in [0, 0.05) is 27.9 Å².